The minimum absolute atomic E-state index is 0.0981. The Balaban J connectivity index is 2.95. The number of amides is 1. The van der Waals surface area contributed by atoms with Crippen molar-refractivity contribution >= 4 is 27.3 Å². The lowest BCUT2D eigenvalue weighted by atomic mass is 10.1. The molecule has 1 atom stereocenters. The van der Waals surface area contributed by atoms with Crippen LogP contribution in [0.5, 0.6) is 0 Å². The summed E-state index contributed by atoms with van der Waals surface area (Å²) in [5.74, 6) is -1.20. The molecule has 1 aromatic rings. The maximum atomic E-state index is 11.9. The average Bonchev–Trinajstić information content (AvgIpc) is 2.37. The van der Waals surface area contributed by atoms with Crippen LogP contribution in [0.2, 0.25) is 0 Å². The van der Waals surface area contributed by atoms with Crippen LogP contribution in [-0.4, -0.2) is 25.0 Å². The number of nitro groups is 1. The number of carbonyl (C=O) groups excluding carboxylic acids is 1. The molecule has 0 aliphatic heterocycles. The zero-order valence-corrected chi connectivity index (χ0v) is 12.5. The Morgan fingerprint density at radius 2 is 2.10 bits per heavy atom. The molecule has 0 radical (unpaired) electrons. The van der Waals surface area contributed by atoms with E-state index in [-0.39, 0.29) is 22.9 Å². The second-order valence-corrected chi connectivity index (χ2v) is 6.52. The van der Waals surface area contributed by atoms with Gasteiger partial charge in [-0.3, -0.25) is 14.9 Å². The summed E-state index contributed by atoms with van der Waals surface area (Å²) in [5, 5.41) is 10.7. The molecule has 0 aliphatic carbocycles. The van der Waals surface area contributed by atoms with E-state index in [1.54, 1.807) is 6.92 Å². The fraction of sp³-hybridized carbons (Fsp3) is 0.417. The van der Waals surface area contributed by atoms with Gasteiger partial charge in [0.25, 0.3) is 11.6 Å². The van der Waals surface area contributed by atoms with Crippen molar-refractivity contribution in [3.8, 4) is 0 Å². The van der Waals surface area contributed by atoms with E-state index < -0.39 is 26.5 Å². The van der Waals surface area contributed by atoms with Crippen molar-refractivity contribution in [3.63, 3.8) is 0 Å². The van der Waals surface area contributed by atoms with Crippen molar-refractivity contribution in [1.29, 1.82) is 0 Å². The molecule has 0 saturated heterocycles. The molecule has 0 spiro atoms. The van der Waals surface area contributed by atoms with Crippen LogP contribution in [0, 0.1) is 16.0 Å². The molecule has 3 N–H and O–H groups in total. The summed E-state index contributed by atoms with van der Waals surface area (Å²) in [6.07, 6.45) is 0.655. The molecule has 0 saturated carbocycles. The zero-order chi connectivity index (χ0) is 16.2. The molecule has 8 nitrogen and oxygen atoms in total. The number of rotatable bonds is 6. The lowest BCUT2D eigenvalue weighted by Crippen LogP contribution is -2.34. The summed E-state index contributed by atoms with van der Waals surface area (Å²) in [6.45, 7) is 3.59. The maximum absolute atomic E-state index is 11.9. The molecule has 0 fully saturated rings. The van der Waals surface area contributed by atoms with E-state index in [2.05, 4.69) is 0 Å². The van der Waals surface area contributed by atoms with Gasteiger partial charge in [-0.2, -0.15) is 0 Å². The van der Waals surface area contributed by atoms with E-state index in [1.165, 1.54) is 12.1 Å². The summed E-state index contributed by atoms with van der Waals surface area (Å²) in [4.78, 5) is 21.9. The quantitative estimate of drug-likeness (QED) is 0.461. The Morgan fingerprint density at radius 3 is 2.62 bits per heavy atom. The molecule has 0 bridgehead atoms. The van der Waals surface area contributed by atoms with E-state index in [4.69, 9.17) is 5.73 Å². The van der Waals surface area contributed by atoms with Crippen molar-refractivity contribution in [2.24, 2.45) is 5.92 Å². The normalized spacial score (nSPS) is 12.7. The van der Waals surface area contributed by atoms with E-state index in [0.29, 0.717) is 6.42 Å². The van der Waals surface area contributed by atoms with Gasteiger partial charge >= 0.3 is 0 Å². The van der Waals surface area contributed by atoms with E-state index in [9.17, 15) is 23.3 Å². The number of anilines is 1. The number of carbonyl (C=O) groups is 1. The minimum Gasteiger partial charge on any atom is -0.393 e. The highest BCUT2D eigenvalue weighted by atomic mass is 32.2. The van der Waals surface area contributed by atoms with Gasteiger partial charge in [-0.1, -0.05) is 20.3 Å². The number of nitrogens with zero attached hydrogens (tertiary/aromatic N) is 1. The second-order valence-electron chi connectivity index (χ2n) is 4.76. The van der Waals surface area contributed by atoms with Crippen LogP contribution in [0.1, 0.15) is 30.6 Å². The first-order valence-electron chi connectivity index (χ1n) is 6.25. The van der Waals surface area contributed by atoms with Crippen LogP contribution in [-0.2, 0) is 10.0 Å². The van der Waals surface area contributed by atoms with Crippen LogP contribution in [0.3, 0.4) is 0 Å². The Hall–Kier alpha value is -2.16. The van der Waals surface area contributed by atoms with Crippen molar-refractivity contribution < 1.29 is 18.1 Å². The Labute approximate surface area is 122 Å². The van der Waals surface area contributed by atoms with Crippen molar-refractivity contribution in [2.75, 3.05) is 11.5 Å². The van der Waals surface area contributed by atoms with Gasteiger partial charge in [-0.05, 0) is 18.1 Å². The summed E-state index contributed by atoms with van der Waals surface area (Å²) in [5.41, 5.74) is 4.73. The summed E-state index contributed by atoms with van der Waals surface area (Å²) in [7, 11) is -3.78. The third kappa shape index (κ3) is 4.71. The second kappa shape index (κ2) is 6.53. The number of nitrogens with one attached hydrogen (secondary N) is 1. The molecule has 116 valence electrons. The predicted molar refractivity (Wildman–Crippen MR) is 78.2 cm³/mol. The first-order chi connectivity index (χ1) is 9.66. The molecule has 0 unspecified atom stereocenters. The first kappa shape index (κ1) is 16.9. The molecule has 21 heavy (non-hydrogen) atoms. The highest BCUT2D eigenvalue weighted by Crippen LogP contribution is 2.22. The van der Waals surface area contributed by atoms with E-state index in [0.717, 1.165) is 6.07 Å². The predicted octanol–water partition coefficient (Wildman–Crippen LogP) is 1.28. The molecule has 1 amide bonds. The van der Waals surface area contributed by atoms with Gasteiger partial charge in [0, 0.05) is 11.6 Å². The lowest BCUT2D eigenvalue weighted by molar-refractivity contribution is -0.383. The number of nitrogen functional groups attached to an aromatic ring is 1. The molecule has 0 aliphatic rings. The number of hydrogen-bond acceptors (Lipinski definition) is 6. The summed E-state index contributed by atoms with van der Waals surface area (Å²) < 4.78 is 25.5. The highest BCUT2D eigenvalue weighted by molar-refractivity contribution is 7.90. The summed E-state index contributed by atoms with van der Waals surface area (Å²) in [6, 6.07) is 3.37. The number of hydrogen-bond donors (Lipinski definition) is 2. The SMILES string of the molecule is CC[C@@H](C)CS(=O)(=O)NC(=O)c1ccc(N)c([N+](=O)[O-])c1. The Morgan fingerprint density at radius 1 is 1.48 bits per heavy atom. The van der Waals surface area contributed by atoms with Gasteiger partial charge < -0.3 is 5.73 Å². The van der Waals surface area contributed by atoms with Crippen molar-refractivity contribution in [2.45, 2.75) is 20.3 Å². The van der Waals surface area contributed by atoms with Crippen molar-refractivity contribution in [3.05, 3.63) is 33.9 Å². The van der Waals surface area contributed by atoms with Crippen molar-refractivity contribution in [1.82, 2.24) is 4.72 Å². The maximum Gasteiger partial charge on any atom is 0.292 e. The lowest BCUT2D eigenvalue weighted by Gasteiger charge is -2.10. The van der Waals surface area contributed by atoms with E-state index in [1.807, 2.05) is 11.6 Å². The van der Waals surface area contributed by atoms with Gasteiger partial charge in [-0.15, -0.1) is 0 Å². The fourth-order valence-corrected chi connectivity index (χ4v) is 3.05. The standard InChI is InChI=1S/C12H17N3O5S/c1-3-8(2)7-21(19,20)14-12(16)9-4-5-10(13)11(6-9)15(17)18/h4-6,8H,3,7,13H2,1-2H3,(H,14,16)/t8-/m1/s1. The molecular weight excluding hydrogens is 298 g/mol. The van der Waals surface area contributed by atoms with Crippen LogP contribution >= 0.6 is 0 Å². The van der Waals surface area contributed by atoms with Crippen LogP contribution < -0.4 is 10.5 Å². The van der Waals surface area contributed by atoms with Crippen LogP contribution in [0.4, 0.5) is 11.4 Å². The monoisotopic (exact) mass is 315 g/mol. The number of nitro benzene ring substituents is 1. The smallest absolute Gasteiger partial charge is 0.292 e. The molecule has 9 heteroatoms. The van der Waals surface area contributed by atoms with Gasteiger partial charge in [0.1, 0.15) is 5.69 Å². The third-order valence-corrected chi connectivity index (χ3v) is 4.44. The molecule has 0 heterocycles. The first-order valence-corrected chi connectivity index (χ1v) is 7.90. The largest absolute Gasteiger partial charge is 0.393 e. The van der Waals surface area contributed by atoms with E-state index >= 15 is 0 Å². The van der Waals surface area contributed by atoms with Gasteiger partial charge in [0.05, 0.1) is 10.7 Å². The third-order valence-electron chi connectivity index (χ3n) is 2.94. The molecule has 1 rings (SSSR count). The van der Waals surface area contributed by atoms with Crippen LogP contribution in [0.25, 0.3) is 0 Å². The highest BCUT2D eigenvalue weighted by Gasteiger charge is 2.21. The van der Waals surface area contributed by atoms with Crippen LogP contribution in [0.15, 0.2) is 18.2 Å². The number of benzene rings is 1. The average molecular weight is 315 g/mol. The molecule has 1 aromatic carbocycles. The van der Waals surface area contributed by atoms with Gasteiger partial charge in [0.2, 0.25) is 10.0 Å². The minimum atomic E-state index is -3.78. The Kier molecular flexibility index (Phi) is 5.25. The molecular formula is C12H17N3O5S. The van der Waals surface area contributed by atoms with Gasteiger partial charge in [-0.25, -0.2) is 13.1 Å². The number of nitrogens with two attached hydrogens (primary N) is 1. The zero-order valence-electron chi connectivity index (χ0n) is 11.7. The fourth-order valence-electron chi connectivity index (χ4n) is 1.58. The number of sulfonamides is 1. The molecule has 0 aromatic heterocycles. The summed E-state index contributed by atoms with van der Waals surface area (Å²) >= 11 is 0. The Bertz CT molecular complexity index is 657. The van der Waals surface area contributed by atoms with Gasteiger partial charge in [0.15, 0.2) is 0 Å². The topological polar surface area (TPSA) is 132 Å².